The van der Waals surface area contributed by atoms with Gasteiger partial charge in [0.15, 0.2) is 0 Å². The molecule has 0 unspecified atom stereocenters. The van der Waals surface area contributed by atoms with E-state index in [2.05, 4.69) is 0 Å². The van der Waals surface area contributed by atoms with E-state index in [4.69, 9.17) is 9.47 Å². The van der Waals surface area contributed by atoms with Crippen LogP contribution in [0.25, 0.3) is 0 Å². The minimum atomic E-state index is -0.868. The minimum Gasteiger partial charge on any atom is -0.466 e. The van der Waals surface area contributed by atoms with Gasteiger partial charge in [0.2, 0.25) is 5.91 Å². The number of nitrogens with zero attached hydrogens (tertiary/aromatic N) is 1. The van der Waals surface area contributed by atoms with E-state index in [9.17, 15) is 14.7 Å². The number of rotatable bonds is 6. The maximum absolute atomic E-state index is 11.8. The fourth-order valence-corrected chi connectivity index (χ4v) is 2.07. The van der Waals surface area contributed by atoms with E-state index in [-0.39, 0.29) is 31.3 Å². The van der Waals surface area contributed by atoms with Gasteiger partial charge in [-0.15, -0.1) is 0 Å². The van der Waals surface area contributed by atoms with Gasteiger partial charge in [0.05, 0.1) is 18.6 Å². The molecule has 1 fully saturated rings. The van der Waals surface area contributed by atoms with Crippen LogP contribution in [0.1, 0.15) is 32.6 Å². The summed E-state index contributed by atoms with van der Waals surface area (Å²) < 4.78 is 9.95. The molecule has 6 nitrogen and oxygen atoms in total. The van der Waals surface area contributed by atoms with Crippen molar-refractivity contribution in [2.45, 2.75) is 38.2 Å². The number of esters is 1. The van der Waals surface area contributed by atoms with Crippen LogP contribution in [0.5, 0.6) is 0 Å². The Kier molecular flexibility index (Phi) is 6.24. The topological polar surface area (TPSA) is 76.1 Å². The van der Waals surface area contributed by atoms with E-state index in [0.717, 1.165) is 0 Å². The van der Waals surface area contributed by atoms with Crippen LogP contribution in [0.4, 0.5) is 0 Å². The number of hydrogen-bond donors (Lipinski definition) is 1. The largest absolute Gasteiger partial charge is 0.466 e. The Hall–Kier alpha value is -1.14. The van der Waals surface area contributed by atoms with E-state index in [0.29, 0.717) is 32.7 Å². The molecule has 1 heterocycles. The van der Waals surface area contributed by atoms with Crippen molar-refractivity contribution in [1.29, 1.82) is 0 Å². The molecule has 6 heteroatoms. The average Bonchev–Trinajstić information content (AvgIpc) is 2.36. The standard InChI is InChI=1S/C13H23NO5/c1-3-19-12(16)5-4-11(15)14(2)10-13(17)6-8-18-9-7-13/h17H,3-10H2,1-2H3. The Balaban J connectivity index is 2.33. The van der Waals surface area contributed by atoms with Crippen molar-refractivity contribution in [3.8, 4) is 0 Å². The van der Waals surface area contributed by atoms with Crippen molar-refractivity contribution in [3.05, 3.63) is 0 Å². The molecule has 0 aliphatic carbocycles. The molecule has 0 aromatic rings. The molecule has 0 radical (unpaired) electrons. The molecule has 0 bridgehead atoms. The highest BCUT2D eigenvalue weighted by Gasteiger charge is 2.32. The van der Waals surface area contributed by atoms with Crippen LogP contribution in [-0.2, 0) is 19.1 Å². The fourth-order valence-electron chi connectivity index (χ4n) is 2.07. The fraction of sp³-hybridized carbons (Fsp3) is 0.846. The molecule has 19 heavy (non-hydrogen) atoms. The first kappa shape index (κ1) is 15.9. The predicted octanol–water partition coefficient (Wildman–Crippen LogP) is 0.330. The molecule has 1 saturated heterocycles. The van der Waals surface area contributed by atoms with E-state index in [1.807, 2.05) is 0 Å². The van der Waals surface area contributed by atoms with Gasteiger partial charge >= 0.3 is 5.97 Å². The summed E-state index contributed by atoms with van der Waals surface area (Å²) in [5, 5.41) is 10.3. The summed E-state index contributed by atoms with van der Waals surface area (Å²) in [5.74, 6) is -0.526. The van der Waals surface area contributed by atoms with E-state index in [1.54, 1.807) is 14.0 Å². The molecule has 1 aliphatic heterocycles. The third-order valence-electron chi connectivity index (χ3n) is 3.23. The first-order valence-electron chi connectivity index (χ1n) is 6.66. The van der Waals surface area contributed by atoms with Crippen molar-refractivity contribution < 1.29 is 24.2 Å². The SMILES string of the molecule is CCOC(=O)CCC(=O)N(C)CC1(O)CCOCC1. The van der Waals surface area contributed by atoms with Gasteiger partial charge in [-0.1, -0.05) is 0 Å². The van der Waals surface area contributed by atoms with Gasteiger partial charge in [0.25, 0.3) is 0 Å². The summed E-state index contributed by atoms with van der Waals surface area (Å²) in [4.78, 5) is 24.5. The van der Waals surface area contributed by atoms with Crippen LogP contribution >= 0.6 is 0 Å². The molecule has 1 amide bonds. The molecule has 0 spiro atoms. The molecule has 0 aromatic carbocycles. The number of ether oxygens (including phenoxy) is 2. The lowest BCUT2D eigenvalue weighted by Crippen LogP contribution is -2.47. The zero-order valence-electron chi connectivity index (χ0n) is 11.7. The highest BCUT2D eigenvalue weighted by Crippen LogP contribution is 2.21. The van der Waals surface area contributed by atoms with Crippen molar-refractivity contribution in [1.82, 2.24) is 4.90 Å². The van der Waals surface area contributed by atoms with Crippen LogP contribution in [0, 0.1) is 0 Å². The Morgan fingerprint density at radius 2 is 1.95 bits per heavy atom. The van der Waals surface area contributed by atoms with Gasteiger partial charge in [0.1, 0.15) is 0 Å². The summed E-state index contributed by atoms with van der Waals surface area (Å²) in [5.41, 5.74) is -0.868. The average molecular weight is 273 g/mol. The molecule has 1 N–H and O–H groups in total. The van der Waals surface area contributed by atoms with Crippen LogP contribution in [0.15, 0.2) is 0 Å². The monoisotopic (exact) mass is 273 g/mol. The first-order chi connectivity index (χ1) is 8.97. The Morgan fingerprint density at radius 3 is 2.53 bits per heavy atom. The van der Waals surface area contributed by atoms with E-state index >= 15 is 0 Å². The van der Waals surface area contributed by atoms with Gasteiger partial charge in [-0.05, 0) is 6.92 Å². The number of carbonyl (C=O) groups excluding carboxylic acids is 2. The number of carbonyl (C=O) groups is 2. The third kappa shape index (κ3) is 5.57. The van der Waals surface area contributed by atoms with Crippen LogP contribution < -0.4 is 0 Å². The van der Waals surface area contributed by atoms with Crippen molar-refractivity contribution >= 4 is 11.9 Å². The lowest BCUT2D eigenvalue weighted by atomic mass is 9.94. The zero-order chi connectivity index (χ0) is 14.3. The van der Waals surface area contributed by atoms with Crippen molar-refractivity contribution in [2.75, 3.05) is 33.4 Å². The molecule has 110 valence electrons. The van der Waals surface area contributed by atoms with Crippen LogP contribution in [0.2, 0.25) is 0 Å². The summed E-state index contributed by atoms with van der Waals surface area (Å²) >= 11 is 0. The van der Waals surface area contributed by atoms with Crippen molar-refractivity contribution in [3.63, 3.8) is 0 Å². The molecule has 1 aliphatic rings. The lowest BCUT2D eigenvalue weighted by Gasteiger charge is -2.35. The quantitative estimate of drug-likeness (QED) is 0.706. The van der Waals surface area contributed by atoms with Crippen molar-refractivity contribution in [2.24, 2.45) is 0 Å². The summed E-state index contributed by atoms with van der Waals surface area (Å²) in [6, 6.07) is 0. The number of amides is 1. The van der Waals surface area contributed by atoms with Crippen LogP contribution in [-0.4, -0.2) is 60.9 Å². The van der Waals surface area contributed by atoms with Gasteiger partial charge in [-0.25, -0.2) is 0 Å². The van der Waals surface area contributed by atoms with Gasteiger partial charge < -0.3 is 19.5 Å². The third-order valence-corrected chi connectivity index (χ3v) is 3.23. The Morgan fingerprint density at radius 1 is 1.32 bits per heavy atom. The van der Waals surface area contributed by atoms with Gasteiger partial charge in [-0.2, -0.15) is 0 Å². The second-order valence-electron chi connectivity index (χ2n) is 4.89. The van der Waals surface area contributed by atoms with Crippen LogP contribution in [0.3, 0.4) is 0 Å². The Bertz CT molecular complexity index is 312. The molecule has 0 atom stereocenters. The maximum Gasteiger partial charge on any atom is 0.306 e. The van der Waals surface area contributed by atoms with E-state index in [1.165, 1.54) is 4.90 Å². The number of likely N-dealkylation sites (N-methyl/N-ethyl adjacent to an activating group) is 1. The summed E-state index contributed by atoms with van der Waals surface area (Å²) in [6.45, 7) is 3.36. The number of hydrogen-bond acceptors (Lipinski definition) is 5. The van der Waals surface area contributed by atoms with Gasteiger partial charge in [-0.3, -0.25) is 9.59 Å². The molecule has 0 aromatic heterocycles. The number of aliphatic hydroxyl groups is 1. The molecular formula is C13H23NO5. The molecule has 1 rings (SSSR count). The second kappa shape index (κ2) is 7.45. The van der Waals surface area contributed by atoms with E-state index < -0.39 is 5.60 Å². The molecular weight excluding hydrogens is 250 g/mol. The first-order valence-corrected chi connectivity index (χ1v) is 6.66. The molecule has 0 saturated carbocycles. The van der Waals surface area contributed by atoms with Gasteiger partial charge in [0, 0.05) is 46.1 Å². The Labute approximate surface area is 113 Å². The maximum atomic E-state index is 11.8. The highest BCUT2D eigenvalue weighted by molar-refractivity contribution is 5.81. The highest BCUT2D eigenvalue weighted by atomic mass is 16.5. The smallest absolute Gasteiger partial charge is 0.306 e. The summed E-state index contributed by atoms with van der Waals surface area (Å²) in [7, 11) is 1.64. The predicted molar refractivity (Wildman–Crippen MR) is 68.5 cm³/mol. The second-order valence-corrected chi connectivity index (χ2v) is 4.89. The lowest BCUT2D eigenvalue weighted by molar-refractivity contribution is -0.146. The summed E-state index contributed by atoms with van der Waals surface area (Å²) in [6.07, 6.45) is 1.26. The minimum absolute atomic E-state index is 0.0819. The normalized spacial score (nSPS) is 17.8. The zero-order valence-corrected chi connectivity index (χ0v) is 11.7.